The van der Waals surface area contributed by atoms with Crippen LogP contribution in [0.5, 0.6) is 23.0 Å². The number of anilines is 1. The van der Waals surface area contributed by atoms with Crippen molar-refractivity contribution in [2.24, 2.45) is 11.8 Å². The van der Waals surface area contributed by atoms with E-state index < -0.39 is 34.5 Å². The molecule has 50 heavy (non-hydrogen) atoms. The fourth-order valence-electron chi connectivity index (χ4n) is 9.18. The van der Waals surface area contributed by atoms with Gasteiger partial charge in [-0.3, -0.25) is 14.4 Å². The number of benzene rings is 5. The Morgan fingerprint density at radius 3 is 1.44 bits per heavy atom. The number of rotatable bonds is 5. The Balaban J connectivity index is 1.37. The molecule has 0 unspecified atom stereocenters. The SMILES string of the molecule is Cc1ccc(N2C(=O)[C@H]3[C@H](C2=O)[C@@]2(c4ccccc4)C(=O)[C@@]3(c3ccccc3)C(c3ccc4c(c3)OCO4)=C2c2ccc3c(c2)OCO3)cc1. The molecular weight excluding hydrogens is 630 g/mol. The standard InChI is InChI=1S/C42H29NO7/c1-24-12-16-29(17-13-24)43-38(44)36-37(39(43)45)42(28-10-6-3-7-11-28)35(26-15-19-31-33(21-26)50-23-48-31)34(25-14-18-30-32(20-25)49-22-47-30)41(36,40(42)46)27-8-4-2-5-9-27/h2-21,36-37H,22-23H2,1H3/t36-,37-,41+,42+/m1/s1. The van der Waals surface area contributed by atoms with Crippen molar-refractivity contribution in [2.45, 2.75) is 17.8 Å². The summed E-state index contributed by atoms with van der Waals surface area (Å²) in [6, 6.07) is 37.5. The Morgan fingerprint density at radius 1 is 0.540 bits per heavy atom. The van der Waals surface area contributed by atoms with Crippen LogP contribution in [-0.2, 0) is 25.2 Å². The number of allylic oxidation sites excluding steroid dienone is 2. The number of amides is 2. The number of nitrogens with zero attached hydrogens (tertiary/aromatic N) is 1. The van der Waals surface area contributed by atoms with E-state index in [2.05, 4.69) is 0 Å². The number of hydrogen-bond donors (Lipinski definition) is 0. The van der Waals surface area contributed by atoms with E-state index in [-0.39, 0.29) is 19.4 Å². The maximum atomic E-state index is 16.2. The highest BCUT2D eigenvalue weighted by atomic mass is 16.7. The van der Waals surface area contributed by atoms with Gasteiger partial charge in [0, 0.05) is 0 Å². The van der Waals surface area contributed by atoms with Gasteiger partial charge in [-0.2, -0.15) is 0 Å². The van der Waals surface area contributed by atoms with E-state index in [0.717, 1.165) is 5.56 Å². The molecule has 1 saturated heterocycles. The number of fused-ring (bicyclic) bond motifs is 7. The molecule has 2 aliphatic carbocycles. The number of ether oxygens (including phenoxy) is 4. The van der Waals surface area contributed by atoms with Crippen LogP contribution in [0.25, 0.3) is 11.1 Å². The lowest BCUT2D eigenvalue weighted by Gasteiger charge is -2.39. The Labute approximate surface area is 287 Å². The fourth-order valence-corrected chi connectivity index (χ4v) is 9.18. The molecule has 10 rings (SSSR count). The monoisotopic (exact) mass is 659 g/mol. The minimum Gasteiger partial charge on any atom is -0.454 e. The van der Waals surface area contributed by atoms with E-state index >= 15 is 14.4 Å². The lowest BCUT2D eigenvalue weighted by molar-refractivity contribution is -0.130. The molecule has 2 amide bonds. The summed E-state index contributed by atoms with van der Waals surface area (Å²) in [5, 5.41) is 0. The van der Waals surface area contributed by atoms with E-state index in [9.17, 15) is 0 Å². The molecule has 8 nitrogen and oxygen atoms in total. The molecule has 0 aromatic heterocycles. The van der Waals surface area contributed by atoms with E-state index in [1.165, 1.54) is 4.90 Å². The highest BCUT2D eigenvalue weighted by molar-refractivity contribution is 6.39. The molecule has 244 valence electrons. The van der Waals surface area contributed by atoms with Crippen molar-refractivity contribution in [3.8, 4) is 23.0 Å². The van der Waals surface area contributed by atoms with Crippen LogP contribution >= 0.6 is 0 Å². The number of hydrogen-bond acceptors (Lipinski definition) is 7. The van der Waals surface area contributed by atoms with Gasteiger partial charge in [0.05, 0.1) is 28.4 Å². The summed E-state index contributed by atoms with van der Waals surface area (Å²) in [5.74, 6) is -0.815. The summed E-state index contributed by atoms with van der Waals surface area (Å²) >= 11 is 0. The molecule has 8 heteroatoms. The normalized spacial score (nSPS) is 25.5. The van der Waals surface area contributed by atoms with Crippen molar-refractivity contribution in [1.29, 1.82) is 0 Å². The zero-order valence-electron chi connectivity index (χ0n) is 26.9. The molecule has 5 aromatic rings. The van der Waals surface area contributed by atoms with Gasteiger partial charge in [0.1, 0.15) is 0 Å². The Hall–Kier alpha value is -6.15. The maximum Gasteiger partial charge on any atom is 0.239 e. The molecule has 3 heterocycles. The van der Waals surface area contributed by atoms with Crippen LogP contribution in [0, 0.1) is 18.8 Å². The molecule has 4 atom stereocenters. The average molecular weight is 660 g/mol. The molecule has 1 saturated carbocycles. The zero-order chi connectivity index (χ0) is 33.8. The third-order valence-corrected chi connectivity index (χ3v) is 11.1. The Morgan fingerprint density at radius 2 is 0.980 bits per heavy atom. The summed E-state index contributed by atoms with van der Waals surface area (Å²) in [4.78, 5) is 47.8. The highest BCUT2D eigenvalue weighted by Gasteiger charge is 2.82. The number of carbonyl (C=O) groups is 3. The number of Topliss-reactive ketones (excluding diaryl/α,β-unsaturated/α-hetero) is 1. The number of ketones is 1. The van der Waals surface area contributed by atoms with Gasteiger partial charge in [0.2, 0.25) is 25.4 Å². The number of imide groups is 1. The smallest absolute Gasteiger partial charge is 0.239 e. The molecule has 0 spiro atoms. The molecular formula is C42H29NO7. The van der Waals surface area contributed by atoms with E-state index in [1.807, 2.05) is 116 Å². The highest BCUT2D eigenvalue weighted by Crippen LogP contribution is 2.74. The predicted molar refractivity (Wildman–Crippen MR) is 184 cm³/mol. The molecule has 3 aliphatic heterocycles. The van der Waals surface area contributed by atoms with Crippen LogP contribution in [0.2, 0.25) is 0 Å². The van der Waals surface area contributed by atoms with Crippen LogP contribution in [0.4, 0.5) is 5.69 Å². The van der Waals surface area contributed by atoms with Gasteiger partial charge in [-0.25, -0.2) is 4.90 Å². The molecule has 5 aliphatic rings. The minimum absolute atomic E-state index is 0.0762. The van der Waals surface area contributed by atoms with Crippen LogP contribution in [-0.4, -0.2) is 31.2 Å². The van der Waals surface area contributed by atoms with Crippen molar-refractivity contribution in [1.82, 2.24) is 0 Å². The van der Waals surface area contributed by atoms with Gasteiger partial charge in [-0.05, 0) is 76.7 Å². The third-order valence-electron chi connectivity index (χ3n) is 11.1. The summed E-state index contributed by atoms with van der Waals surface area (Å²) in [6.45, 7) is 2.11. The number of aryl methyl sites for hydroxylation is 1. The van der Waals surface area contributed by atoms with Crippen LogP contribution in [0.3, 0.4) is 0 Å². The molecule has 2 bridgehead atoms. The summed E-state index contributed by atoms with van der Waals surface area (Å²) in [6.07, 6.45) is 0. The Bertz CT molecular complexity index is 2180. The third kappa shape index (κ3) is 3.47. The second kappa shape index (κ2) is 10.2. The summed E-state index contributed by atoms with van der Waals surface area (Å²) in [5.41, 5.74) is 2.38. The first-order chi connectivity index (χ1) is 24.5. The summed E-state index contributed by atoms with van der Waals surface area (Å²) < 4.78 is 23.1. The number of carbonyl (C=O) groups excluding carboxylic acids is 3. The lowest BCUT2D eigenvalue weighted by Crippen LogP contribution is -2.45. The van der Waals surface area contributed by atoms with Crippen LogP contribution < -0.4 is 23.8 Å². The predicted octanol–water partition coefficient (Wildman–Crippen LogP) is 6.64. The van der Waals surface area contributed by atoms with E-state index in [1.54, 1.807) is 12.1 Å². The Kier molecular flexibility index (Phi) is 5.87. The van der Waals surface area contributed by atoms with Crippen molar-refractivity contribution >= 4 is 34.4 Å². The second-order valence-corrected chi connectivity index (χ2v) is 13.4. The second-order valence-electron chi connectivity index (χ2n) is 13.4. The van der Waals surface area contributed by atoms with Gasteiger partial charge >= 0.3 is 0 Å². The first-order valence-electron chi connectivity index (χ1n) is 16.6. The lowest BCUT2D eigenvalue weighted by atomic mass is 9.59. The van der Waals surface area contributed by atoms with Gasteiger partial charge in [-0.1, -0.05) is 90.5 Å². The van der Waals surface area contributed by atoms with Crippen LogP contribution in [0.15, 0.2) is 121 Å². The van der Waals surface area contributed by atoms with E-state index in [0.29, 0.717) is 62.1 Å². The van der Waals surface area contributed by atoms with Gasteiger partial charge in [0.15, 0.2) is 28.8 Å². The topological polar surface area (TPSA) is 91.4 Å². The van der Waals surface area contributed by atoms with Crippen LogP contribution in [0.1, 0.15) is 27.8 Å². The first-order valence-corrected chi connectivity index (χ1v) is 16.6. The largest absolute Gasteiger partial charge is 0.454 e. The molecule has 2 fully saturated rings. The average Bonchev–Trinajstić information content (AvgIpc) is 3.96. The maximum absolute atomic E-state index is 16.2. The van der Waals surface area contributed by atoms with Gasteiger partial charge < -0.3 is 18.9 Å². The van der Waals surface area contributed by atoms with E-state index in [4.69, 9.17) is 18.9 Å². The summed E-state index contributed by atoms with van der Waals surface area (Å²) in [7, 11) is 0. The molecule has 0 N–H and O–H groups in total. The van der Waals surface area contributed by atoms with Crippen molar-refractivity contribution in [3.63, 3.8) is 0 Å². The first kappa shape index (κ1) is 28.8. The van der Waals surface area contributed by atoms with Gasteiger partial charge in [0.25, 0.3) is 0 Å². The fraction of sp³-hybridized carbons (Fsp3) is 0.167. The van der Waals surface area contributed by atoms with Gasteiger partial charge in [-0.15, -0.1) is 0 Å². The molecule has 5 aromatic carbocycles. The van der Waals surface area contributed by atoms with Crippen molar-refractivity contribution in [3.05, 3.63) is 149 Å². The minimum atomic E-state index is -1.55. The zero-order valence-corrected chi connectivity index (χ0v) is 26.9. The van der Waals surface area contributed by atoms with Crippen molar-refractivity contribution < 1.29 is 33.3 Å². The molecule has 0 radical (unpaired) electrons. The quantitative estimate of drug-likeness (QED) is 0.196. The van der Waals surface area contributed by atoms with Crippen molar-refractivity contribution in [2.75, 3.05) is 18.5 Å².